The van der Waals surface area contributed by atoms with Crippen LogP contribution in [0.2, 0.25) is 0 Å². The van der Waals surface area contributed by atoms with Crippen molar-refractivity contribution in [3.63, 3.8) is 0 Å². The van der Waals surface area contributed by atoms with Crippen molar-refractivity contribution in [1.29, 1.82) is 0 Å². The summed E-state index contributed by atoms with van der Waals surface area (Å²) < 4.78 is 1.42. The number of hydrogen-bond donors (Lipinski definition) is 0. The Morgan fingerprint density at radius 1 is 0.711 bits per heavy atom. The summed E-state index contributed by atoms with van der Waals surface area (Å²) in [7, 11) is 0. The molecule has 6 rings (SSSR count). The van der Waals surface area contributed by atoms with E-state index >= 15 is 0 Å². The van der Waals surface area contributed by atoms with Gasteiger partial charge in [0.05, 0.1) is 0 Å². The molecule has 0 atom stereocenters. The summed E-state index contributed by atoms with van der Waals surface area (Å²) in [5, 5.41) is 0. The molecular formula is C35H34Cl2Zr. The van der Waals surface area contributed by atoms with E-state index in [9.17, 15) is 0 Å². The molecule has 2 aliphatic rings. The Bertz CT molecular complexity index is 1280. The first kappa shape index (κ1) is 31.9. The topological polar surface area (TPSA) is 0 Å². The van der Waals surface area contributed by atoms with Gasteiger partial charge in [-0.15, -0.1) is 36.8 Å². The van der Waals surface area contributed by atoms with Gasteiger partial charge < -0.3 is 0 Å². The Hall–Kier alpha value is -2.31. The van der Waals surface area contributed by atoms with Gasteiger partial charge in [0.15, 0.2) is 0 Å². The minimum Gasteiger partial charge on any atom is -0.179 e. The van der Waals surface area contributed by atoms with Crippen LogP contribution in [0.5, 0.6) is 0 Å². The summed E-state index contributed by atoms with van der Waals surface area (Å²) in [5.74, 6) is 0. The van der Waals surface area contributed by atoms with Crippen LogP contribution in [0.4, 0.5) is 0 Å². The fourth-order valence-corrected chi connectivity index (χ4v) is 5.11. The molecule has 0 amide bonds. The minimum atomic E-state index is 0. The molecule has 38 heavy (non-hydrogen) atoms. The van der Waals surface area contributed by atoms with Crippen LogP contribution in [0.15, 0.2) is 121 Å². The Morgan fingerprint density at radius 2 is 1.26 bits per heavy atom. The largest absolute Gasteiger partial charge is 0.179 e. The zero-order chi connectivity index (χ0) is 25.4. The molecule has 0 saturated heterocycles. The first-order chi connectivity index (χ1) is 17.4. The van der Waals surface area contributed by atoms with Crippen molar-refractivity contribution in [2.24, 2.45) is 5.41 Å². The van der Waals surface area contributed by atoms with Gasteiger partial charge >= 0.3 is 99.2 Å². The smallest absolute Gasteiger partial charge is 0.0253 e. The van der Waals surface area contributed by atoms with E-state index < -0.39 is 0 Å². The van der Waals surface area contributed by atoms with E-state index in [2.05, 4.69) is 142 Å². The Morgan fingerprint density at radius 3 is 1.79 bits per heavy atom. The predicted molar refractivity (Wildman–Crippen MR) is 164 cm³/mol. The Balaban J connectivity index is 0.000000200. The molecule has 0 heterocycles. The normalized spacial score (nSPS) is 12.2. The van der Waals surface area contributed by atoms with E-state index in [1.165, 1.54) is 66.4 Å². The summed E-state index contributed by atoms with van der Waals surface area (Å²) in [4.78, 5) is 0. The van der Waals surface area contributed by atoms with E-state index in [0.717, 1.165) is 12.8 Å². The van der Waals surface area contributed by atoms with Crippen LogP contribution >= 0.6 is 24.8 Å². The molecule has 4 aromatic carbocycles. The fourth-order valence-electron chi connectivity index (χ4n) is 4.29. The molecule has 0 bridgehead atoms. The van der Waals surface area contributed by atoms with Crippen LogP contribution in [0.3, 0.4) is 0 Å². The van der Waals surface area contributed by atoms with E-state index in [4.69, 9.17) is 0 Å². The maximum absolute atomic E-state index is 3.30. The molecule has 0 radical (unpaired) electrons. The number of halogens is 2. The van der Waals surface area contributed by atoms with Gasteiger partial charge in [0, 0.05) is 0 Å². The molecule has 0 fully saturated rings. The van der Waals surface area contributed by atoms with Crippen molar-refractivity contribution in [2.75, 3.05) is 0 Å². The van der Waals surface area contributed by atoms with Crippen LogP contribution in [-0.4, -0.2) is 3.21 Å². The molecular weight excluding hydrogens is 583 g/mol. The van der Waals surface area contributed by atoms with Crippen molar-refractivity contribution in [3.05, 3.63) is 155 Å². The third-order valence-corrected chi connectivity index (χ3v) is 7.72. The Labute approximate surface area is 256 Å². The second kappa shape index (κ2) is 15.3. The average molecular weight is 617 g/mol. The van der Waals surface area contributed by atoms with E-state index in [-0.39, 0.29) is 24.8 Å². The molecule has 4 aromatic rings. The first-order valence-corrected chi connectivity index (χ1v) is 13.7. The van der Waals surface area contributed by atoms with Crippen LogP contribution in [0, 0.1) is 17.6 Å². The summed E-state index contributed by atoms with van der Waals surface area (Å²) in [6.07, 6.45) is 9.55. The summed E-state index contributed by atoms with van der Waals surface area (Å²) in [6.45, 7) is 6.67. The molecule has 0 unspecified atom stereocenters. The second-order valence-electron chi connectivity index (χ2n) is 9.97. The fraction of sp³-hybridized carbons (Fsp3) is 0.171. The van der Waals surface area contributed by atoms with Gasteiger partial charge in [-0.3, -0.25) is 6.08 Å². The first-order valence-electron chi connectivity index (χ1n) is 12.5. The average Bonchev–Trinajstić information content (AvgIpc) is 3.59. The molecule has 0 nitrogen and oxygen atoms in total. The third kappa shape index (κ3) is 8.60. The van der Waals surface area contributed by atoms with Crippen LogP contribution in [0.25, 0.3) is 11.1 Å². The van der Waals surface area contributed by atoms with Crippen molar-refractivity contribution in [3.8, 4) is 11.1 Å². The molecule has 0 aliphatic heterocycles. The number of fused-ring (bicyclic) bond motifs is 3. The van der Waals surface area contributed by atoms with Crippen LogP contribution in [0.1, 0.15) is 49.4 Å². The van der Waals surface area contributed by atoms with Gasteiger partial charge in [-0.2, -0.15) is 41.5 Å². The number of allylic oxidation sites excluding steroid dienone is 4. The summed E-state index contributed by atoms with van der Waals surface area (Å²) in [6, 6.07) is 39.2. The quantitative estimate of drug-likeness (QED) is 0.173. The number of benzene rings is 4. The van der Waals surface area contributed by atoms with Crippen molar-refractivity contribution in [2.45, 2.75) is 33.6 Å². The van der Waals surface area contributed by atoms with E-state index in [0.29, 0.717) is 5.41 Å². The SMILES string of the molecule is CC(C)(C)C1=CC[C-]=C1.Cl.Cl.[Zr+2]=[C](c1ccccc1)c1ccccc1.[c-]1cccc2c1Cc1ccccc1-2. The van der Waals surface area contributed by atoms with Crippen molar-refractivity contribution >= 4 is 28.0 Å². The zero-order valence-corrected chi connectivity index (χ0v) is 26.3. The monoisotopic (exact) mass is 614 g/mol. The molecule has 0 spiro atoms. The molecule has 2 aliphatic carbocycles. The standard InChI is InChI=1S/C13H9.C13H10.C9H13.2ClH.Zr/c1-3-7-12-10(5-1)9-11-6-2-4-8-13(11)12;1-3-7-12(8-4-1)11-13-9-5-2-6-10-13;1-9(2,3)8-6-4-5-7-8;;;/h1-5,7-8H,9H2;1-10H;6-7H,4H2,1-3H3;2*1H;/q-1;;-1;;;+2. The van der Waals surface area contributed by atoms with Crippen LogP contribution < -0.4 is 0 Å². The van der Waals surface area contributed by atoms with Gasteiger partial charge in [0.2, 0.25) is 0 Å². The minimum absolute atomic E-state index is 0. The Kier molecular flexibility index (Phi) is 12.9. The van der Waals surface area contributed by atoms with E-state index in [1.807, 2.05) is 6.07 Å². The summed E-state index contributed by atoms with van der Waals surface area (Å²) in [5.41, 5.74) is 9.91. The second-order valence-corrected chi connectivity index (χ2v) is 11.2. The molecule has 0 N–H and O–H groups in total. The zero-order valence-electron chi connectivity index (χ0n) is 22.2. The van der Waals surface area contributed by atoms with Gasteiger partial charge in [0.1, 0.15) is 0 Å². The molecule has 0 aromatic heterocycles. The van der Waals surface area contributed by atoms with Crippen LogP contribution in [-0.2, 0) is 30.7 Å². The van der Waals surface area contributed by atoms with Crippen molar-refractivity contribution < 1.29 is 24.2 Å². The van der Waals surface area contributed by atoms with Gasteiger partial charge in [-0.25, -0.2) is 6.08 Å². The third-order valence-electron chi connectivity index (χ3n) is 6.30. The molecule has 3 heteroatoms. The maximum Gasteiger partial charge on any atom is -0.0253 e. The van der Waals surface area contributed by atoms with E-state index in [1.54, 1.807) is 0 Å². The van der Waals surface area contributed by atoms with Gasteiger partial charge in [0.25, 0.3) is 0 Å². The van der Waals surface area contributed by atoms with Gasteiger partial charge in [-0.1, -0.05) is 61.6 Å². The molecule has 192 valence electrons. The number of hydrogen-bond acceptors (Lipinski definition) is 0. The maximum atomic E-state index is 3.30. The van der Waals surface area contributed by atoms with Crippen molar-refractivity contribution in [1.82, 2.24) is 0 Å². The molecule has 0 saturated carbocycles. The summed E-state index contributed by atoms with van der Waals surface area (Å²) >= 11 is 1.46. The van der Waals surface area contributed by atoms with Gasteiger partial charge in [-0.05, 0) is 6.42 Å². The number of rotatable bonds is 2. The predicted octanol–water partition coefficient (Wildman–Crippen LogP) is 9.43.